The first-order valence-electron chi connectivity index (χ1n) is 15.5. The van der Waals surface area contributed by atoms with E-state index in [0.29, 0.717) is 58.8 Å². The molecule has 9 nitrogen and oxygen atoms in total. The van der Waals surface area contributed by atoms with Crippen molar-refractivity contribution in [1.82, 2.24) is 25.0 Å². The molecule has 13 heteroatoms. The highest BCUT2D eigenvalue weighted by molar-refractivity contribution is 7.23. The fourth-order valence-electron chi connectivity index (χ4n) is 6.82. The predicted octanol–water partition coefficient (Wildman–Crippen LogP) is 6.83. The zero-order valence-electron chi connectivity index (χ0n) is 25.6. The number of pyridine rings is 2. The number of thiophene rings is 1. The smallest absolute Gasteiger partial charge is 0.354 e. The molecule has 0 radical (unpaired) electrons. The maximum atomic E-state index is 14.1. The van der Waals surface area contributed by atoms with E-state index in [0.717, 1.165) is 39.4 Å². The standard InChI is InChI=1S/C35H27F3N6O3S/c1-43(17-19-6-10-22(37)23(38)15-19)33-31-20(12-13-39-33)16-26(48-31)28-27(32-41-35(46)47-42-32)24(11-7-18-4-8-21(36)9-5-18)40-30-25-3-2-14-44(25)34(45)29(28)30/h4-6,8-10,12-13,15-16,25H,2-3,7,11,14,17H2,1H3,(H,41,42,46). The second-order valence-electron chi connectivity index (χ2n) is 12.1. The number of aromatic nitrogens is 4. The lowest BCUT2D eigenvalue weighted by Crippen LogP contribution is -2.22. The minimum absolute atomic E-state index is 0.126. The van der Waals surface area contributed by atoms with Gasteiger partial charge in [0.1, 0.15) is 11.6 Å². The monoisotopic (exact) mass is 668 g/mol. The normalized spacial score (nSPS) is 15.4. The minimum atomic E-state index is -0.921. The maximum Gasteiger partial charge on any atom is 0.439 e. The largest absolute Gasteiger partial charge is 0.439 e. The summed E-state index contributed by atoms with van der Waals surface area (Å²) in [5.41, 5.74) is 4.38. The van der Waals surface area contributed by atoms with Gasteiger partial charge in [-0.25, -0.2) is 22.9 Å². The summed E-state index contributed by atoms with van der Waals surface area (Å²) in [6.45, 7) is 0.894. The van der Waals surface area contributed by atoms with Crippen molar-refractivity contribution in [3.63, 3.8) is 0 Å². The van der Waals surface area contributed by atoms with Crippen molar-refractivity contribution in [1.29, 1.82) is 0 Å². The van der Waals surface area contributed by atoms with Crippen LogP contribution in [0.3, 0.4) is 0 Å². The van der Waals surface area contributed by atoms with Gasteiger partial charge < -0.3 is 9.80 Å². The Morgan fingerprint density at radius 1 is 0.979 bits per heavy atom. The predicted molar refractivity (Wildman–Crippen MR) is 174 cm³/mol. The molecule has 1 N–H and O–H groups in total. The van der Waals surface area contributed by atoms with E-state index in [9.17, 15) is 22.8 Å². The number of halogens is 3. The van der Waals surface area contributed by atoms with Crippen LogP contribution in [0.25, 0.3) is 31.9 Å². The summed E-state index contributed by atoms with van der Waals surface area (Å²) in [6.07, 6.45) is 4.29. The highest BCUT2D eigenvalue weighted by Gasteiger charge is 2.44. The summed E-state index contributed by atoms with van der Waals surface area (Å²) < 4.78 is 47.0. The third kappa shape index (κ3) is 5.14. The molecule has 48 heavy (non-hydrogen) atoms. The molecule has 0 aliphatic carbocycles. The Morgan fingerprint density at radius 2 is 1.79 bits per heavy atom. The van der Waals surface area contributed by atoms with Crippen molar-refractivity contribution in [3.8, 4) is 21.8 Å². The van der Waals surface area contributed by atoms with E-state index in [2.05, 4.69) is 15.1 Å². The van der Waals surface area contributed by atoms with Gasteiger partial charge in [-0.1, -0.05) is 23.4 Å². The molecular weight excluding hydrogens is 641 g/mol. The number of aromatic amines is 1. The highest BCUT2D eigenvalue weighted by atomic mass is 32.1. The average Bonchev–Trinajstić information content (AvgIpc) is 3.87. The Labute approximate surface area is 275 Å². The number of carbonyl (C=O) groups is 1. The van der Waals surface area contributed by atoms with Gasteiger partial charge >= 0.3 is 5.76 Å². The molecule has 2 aromatic carbocycles. The molecule has 1 saturated heterocycles. The molecule has 0 saturated carbocycles. The van der Waals surface area contributed by atoms with Gasteiger partial charge in [0.2, 0.25) is 0 Å². The van der Waals surface area contributed by atoms with Gasteiger partial charge in [-0.05, 0) is 78.6 Å². The summed E-state index contributed by atoms with van der Waals surface area (Å²) in [5, 5.41) is 4.91. The first-order valence-corrected chi connectivity index (χ1v) is 16.3. The lowest BCUT2D eigenvalue weighted by molar-refractivity contribution is 0.0776. The fraction of sp³-hybridized carbons (Fsp3) is 0.229. The van der Waals surface area contributed by atoms with E-state index >= 15 is 0 Å². The minimum Gasteiger partial charge on any atom is -0.354 e. The lowest BCUT2D eigenvalue weighted by Gasteiger charge is -2.19. The number of carbonyl (C=O) groups excluding carboxylic acids is 1. The number of hydrogen-bond acceptors (Lipinski definition) is 8. The third-order valence-electron chi connectivity index (χ3n) is 9.01. The van der Waals surface area contributed by atoms with Gasteiger partial charge in [0, 0.05) is 36.8 Å². The van der Waals surface area contributed by atoms with Crippen molar-refractivity contribution in [2.45, 2.75) is 38.3 Å². The van der Waals surface area contributed by atoms with Gasteiger partial charge in [0.05, 0.1) is 33.3 Å². The topological polar surface area (TPSA) is 108 Å². The van der Waals surface area contributed by atoms with Crippen LogP contribution in [0.1, 0.15) is 51.8 Å². The van der Waals surface area contributed by atoms with E-state index in [1.165, 1.54) is 35.6 Å². The van der Waals surface area contributed by atoms with Crippen molar-refractivity contribution in [2.24, 2.45) is 0 Å². The van der Waals surface area contributed by atoms with Crippen molar-refractivity contribution in [3.05, 3.63) is 117 Å². The molecular formula is C35H27F3N6O3S. The summed E-state index contributed by atoms with van der Waals surface area (Å²) in [4.78, 5) is 43.2. The van der Waals surface area contributed by atoms with Crippen LogP contribution in [0.15, 0.2) is 70.1 Å². The van der Waals surface area contributed by atoms with Gasteiger partial charge in [0.25, 0.3) is 5.91 Å². The lowest BCUT2D eigenvalue weighted by atomic mass is 9.92. The average molecular weight is 669 g/mol. The van der Waals surface area contributed by atoms with Crippen LogP contribution < -0.4 is 10.7 Å². The van der Waals surface area contributed by atoms with Crippen LogP contribution in [-0.2, 0) is 19.4 Å². The summed E-state index contributed by atoms with van der Waals surface area (Å²) in [6, 6.07) is 13.8. The van der Waals surface area contributed by atoms with Gasteiger partial charge in [0.15, 0.2) is 17.5 Å². The van der Waals surface area contributed by atoms with Crippen molar-refractivity contribution in [2.75, 3.05) is 18.5 Å². The van der Waals surface area contributed by atoms with E-state index < -0.39 is 17.4 Å². The first-order chi connectivity index (χ1) is 23.2. The molecule has 4 aromatic heterocycles. The van der Waals surface area contributed by atoms with Crippen molar-refractivity contribution < 1.29 is 22.5 Å². The maximum absolute atomic E-state index is 14.1. The molecule has 8 rings (SSSR count). The van der Waals surface area contributed by atoms with Crippen LogP contribution in [0.2, 0.25) is 0 Å². The first kappa shape index (κ1) is 30.1. The molecule has 6 aromatic rings. The quantitative estimate of drug-likeness (QED) is 0.189. The molecule has 1 amide bonds. The molecule has 2 aliphatic heterocycles. The third-order valence-corrected chi connectivity index (χ3v) is 10.2. The zero-order valence-corrected chi connectivity index (χ0v) is 26.4. The Bertz CT molecular complexity index is 2280. The Balaban J connectivity index is 1.30. The molecule has 242 valence electrons. The highest BCUT2D eigenvalue weighted by Crippen LogP contribution is 2.50. The molecule has 6 heterocycles. The van der Waals surface area contributed by atoms with Crippen LogP contribution in [0, 0.1) is 17.5 Å². The molecule has 1 unspecified atom stereocenters. The molecule has 1 atom stereocenters. The number of nitrogens with zero attached hydrogens (tertiary/aromatic N) is 5. The van der Waals surface area contributed by atoms with Crippen LogP contribution in [0.4, 0.5) is 19.0 Å². The Kier molecular flexibility index (Phi) is 7.35. The van der Waals surface area contributed by atoms with Crippen molar-refractivity contribution >= 4 is 33.1 Å². The number of H-pyrrole nitrogens is 1. The van der Waals surface area contributed by atoms with E-state index in [1.54, 1.807) is 18.3 Å². The van der Waals surface area contributed by atoms with Crippen LogP contribution in [0.5, 0.6) is 0 Å². The second-order valence-corrected chi connectivity index (χ2v) is 13.1. The Morgan fingerprint density at radius 3 is 2.56 bits per heavy atom. The zero-order chi connectivity index (χ0) is 33.1. The molecule has 1 fully saturated rings. The fourth-order valence-corrected chi connectivity index (χ4v) is 8.07. The van der Waals surface area contributed by atoms with E-state index in [1.807, 2.05) is 29.0 Å². The van der Waals surface area contributed by atoms with E-state index in [-0.39, 0.29) is 30.1 Å². The van der Waals surface area contributed by atoms with Gasteiger partial charge in [-0.15, -0.1) is 11.3 Å². The number of aryl methyl sites for hydroxylation is 2. The molecule has 0 spiro atoms. The number of anilines is 1. The number of benzene rings is 2. The van der Waals surface area contributed by atoms with E-state index in [4.69, 9.17) is 9.51 Å². The molecule has 0 bridgehead atoms. The number of hydrogen-bond donors (Lipinski definition) is 1. The summed E-state index contributed by atoms with van der Waals surface area (Å²) in [5.74, 6) is -2.24. The summed E-state index contributed by atoms with van der Waals surface area (Å²) in [7, 11) is 1.82. The second kappa shape index (κ2) is 11.7. The van der Waals surface area contributed by atoms with Crippen LogP contribution >= 0.6 is 11.3 Å². The summed E-state index contributed by atoms with van der Waals surface area (Å²) >= 11 is 1.43. The van der Waals surface area contributed by atoms with Gasteiger partial charge in [-0.3, -0.25) is 19.3 Å². The number of nitrogens with one attached hydrogen (secondary N) is 1. The number of fused-ring (bicyclic) bond motifs is 4. The van der Waals surface area contributed by atoms with Gasteiger partial charge in [-0.2, -0.15) is 0 Å². The van der Waals surface area contributed by atoms with Crippen LogP contribution in [-0.4, -0.2) is 44.5 Å². The SMILES string of the molecule is CN(Cc1ccc(F)c(F)c1)c1nccc2cc(-c3c4c(nc(CCc5ccc(F)cc5)c3-c3noc(=O)[nH]3)C3CCCN3C4=O)sc12. The molecule has 2 aliphatic rings. The number of amides is 1. The Hall–Kier alpha value is -5.30. The number of rotatable bonds is 8.